The van der Waals surface area contributed by atoms with Crippen LogP contribution in [0.1, 0.15) is 12.6 Å². The van der Waals surface area contributed by atoms with Gasteiger partial charge in [0.1, 0.15) is 6.07 Å². The number of hydrogen-bond acceptors (Lipinski definition) is 6. The molecule has 0 fully saturated rings. The van der Waals surface area contributed by atoms with Crippen LogP contribution in [-0.2, 0) is 8.53 Å². The van der Waals surface area contributed by atoms with Crippen molar-refractivity contribution in [2.75, 3.05) is 5.32 Å². The van der Waals surface area contributed by atoms with Gasteiger partial charge >= 0.3 is 88.1 Å². The summed E-state index contributed by atoms with van der Waals surface area (Å²) in [4.78, 5) is 14.5. The number of phenolic OH excluding ortho intramolecular Hbond substituents is 1. The first-order valence-corrected chi connectivity index (χ1v) is 10.0. The second-order valence-corrected chi connectivity index (χ2v) is 7.89. The Bertz CT molecular complexity index is 736. The first kappa shape index (κ1) is 17.9. The third kappa shape index (κ3) is 5.35. The standard InChI is InChI=1S/C8H10AsNO5.C4H2N2S/c1-5(11)10-8-6(9(13,14)15)3-2-4-7(8)12;5-1-4-2-7-3-6-4/h2-4,12H,1H3,(H,10,11)(H2,13,14,15);2-3H. The number of nitrogens with one attached hydrogen (secondary N) is 1. The molecule has 0 aliphatic carbocycles. The van der Waals surface area contributed by atoms with Gasteiger partial charge in [-0.15, -0.1) is 11.3 Å². The summed E-state index contributed by atoms with van der Waals surface area (Å²) in [7, 11) is 0. The summed E-state index contributed by atoms with van der Waals surface area (Å²) in [5, 5.41) is 21.4. The number of rotatable bonds is 2. The summed E-state index contributed by atoms with van der Waals surface area (Å²) in [6.07, 6.45) is 0. The second-order valence-electron chi connectivity index (χ2n) is 3.88. The Labute approximate surface area is 132 Å². The minimum Gasteiger partial charge on any atom is -0.234 e. The molecule has 0 saturated carbocycles. The number of amides is 1. The first-order valence-electron chi connectivity index (χ1n) is 5.69. The van der Waals surface area contributed by atoms with Gasteiger partial charge < -0.3 is 0 Å². The normalized spacial score (nSPS) is 10.1. The van der Waals surface area contributed by atoms with E-state index in [9.17, 15) is 13.6 Å². The summed E-state index contributed by atoms with van der Waals surface area (Å²) in [5.74, 6) is -0.880. The Morgan fingerprint density at radius 3 is 2.55 bits per heavy atom. The number of thiazole rings is 1. The Balaban J connectivity index is 0.000000287. The molecule has 0 atom stereocenters. The Morgan fingerprint density at radius 2 is 2.14 bits per heavy atom. The van der Waals surface area contributed by atoms with Crippen LogP contribution in [0.15, 0.2) is 29.1 Å². The summed E-state index contributed by atoms with van der Waals surface area (Å²) >= 11 is -3.71. The van der Waals surface area contributed by atoms with Crippen molar-refractivity contribution in [2.24, 2.45) is 0 Å². The van der Waals surface area contributed by atoms with Crippen LogP contribution in [0.5, 0.6) is 5.75 Å². The van der Waals surface area contributed by atoms with E-state index in [0.29, 0.717) is 5.69 Å². The van der Waals surface area contributed by atoms with Crippen molar-refractivity contribution >= 4 is 41.5 Å². The van der Waals surface area contributed by atoms with Gasteiger partial charge in [-0.3, -0.25) is 0 Å². The summed E-state index contributed by atoms with van der Waals surface area (Å²) in [6.45, 7) is 1.18. The zero-order valence-electron chi connectivity index (χ0n) is 11.3. The maximum Gasteiger partial charge on any atom is 0.151 e. The Kier molecular flexibility index (Phi) is 6.34. The number of para-hydroxylation sites is 1. The van der Waals surface area contributed by atoms with E-state index in [2.05, 4.69) is 10.3 Å². The second kappa shape index (κ2) is 7.77. The van der Waals surface area contributed by atoms with Gasteiger partial charge in [0.2, 0.25) is 0 Å². The van der Waals surface area contributed by atoms with Crippen molar-refractivity contribution in [2.45, 2.75) is 6.92 Å². The van der Waals surface area contributed by atoms with Crippen molar-refractivity contribution in [1.29, 1.82) is 5.26 Å². The van der Waals surface area contributed by atoms with Crippen molar-refractivity contribution < 1.29 is 21.8 Å². The number of carbonyl (C=O) groups excluding carboxylic acids is 1. The molecular formula is C12H12AsN3O5S. The van der Waals surface area contributed by atoms with E-state index in [0.717, 1.165) is 0 Å². The number of hydrogen-bond donors (Lipinski definition) is 4. The predicted octanol–water partition coefficient (Wildman–Crippen LogP) is -0.0736. The fraction of sp³-hybridized carbons (Fsp3) is 0.0833. The van der Waals surface area contributed by atoms with E-state index in [1.807, 2.05) is 6.07 Å². The van der Waals surface area contributed by atoms with Crippen LogP contribution < -0.4 is 9.67 Å². The molecule has 4 N–H and O–H groups in total. The van der Waals surface area contributed by atoms with Gasteiger partial charge in [-0.25, -0.2) is 4.98 Å². The van der Waals surface area contributed by atoms with Crippen molar-refractivity contribution in [3.8, 4) is 11.8 Å². The van der Waals surface area contributed by atoms with Crippen molar-refractivity contribution in [1.82, 2.24) is 4.98 Å². The van der Waals surface area contributed by atoms with Gasteiger partial charge in [-0.1, -0.05) is 0 Å². The molecule has 116 valence electrons. The smallest absolute Gasteiger partial charge is 0.151 e. The quantitative estimate of drug-likeness (QED) is 0.418. The molecule has 8 nitrogen and oxygen atoms in total. The van der Waals surface area contributed by atoms with Gasteiger partial charge in [0, 0.05) is 5.38 Å². The van der Waals surface area contributed by atoms with E-state index < -0.39 is 20.1 Å². The molecule has 1 heterocycles. The number of phenols is 1. The molecule has 1 amide bonds. The zero-order chi connectivity index (χ0) is 16.8. The van der Waals surface area contributed by atoms with Crippen LogP contribution in [0.2, 0.25) is 0 Å². The molecule has 0 unspecified atom stereocenters. The van der Waals surface area contributed by atoms with Crippen LogP contribution in [0.4, 0.5) is 5.69 Å². The van der Waals surface area contributed by atoms with Gasteiger partial charge in [0.05, 0.1) is 5.51 Å². The van der Waals surface area contributed by atoms with E-state index in [-0.39, 0.29) is 15.8 Å². The zero-order valence-corrected chi connectivity index (χ0v) is 14.0. The van der Waals surface area contributed by atoms with Gasteiger partial charge in [0.15, 0.2) is 5.69 Å². The number of benzene rings is 1. The molecule has 0 saturated heterocycles. The number of nitrogens with zero attached hydrogens (tertiary/aromatic N) is 2. The summed E-state index contributed by atoms with van der Waals surface area (Å²) in [6, 6.07) is 5.62. The number of aromatic hydroxyl groups is 1. The number of nitriles is 1. The van der Waals surface area contributed by atoms with Gasteiger partial charge in [-0.05, 0) is 0 Å². The van der Waals surface area contributed by atoms with Crippen LogP contribution in [0, 0.1) is 11.3 Å². The molecule has 0 aliphatic rings. The van der Waals surface area contributed by atoms with Crippen LogP contribution in [-0.4, -0.2) is 38.4 Å². The van der Waals surface area contributed by atoms with Crippen LogP contribution in [0.25, 0.3) is 0 Å². The molecule has 22 heavy (non-hydrogen) atoms. The molecule has 2 rings (SSSR count). The summed E-state index contributed by atoms with van der Waals surface area (Å²) < 4.78 is 28.8. The fourth-order valence-electron chi connectivity index (χ4n) is 1.34. The van der Waals surface area contributed by atoms with Gasteiger partial charge in [-0.2, -0.15) is 5.26 Å². The largest absolute Gasteiger partial charge is 0.234 e. The minimum absolute atomic E-state index is 0.225. The third-order valence-corrected chi connectivity index (χ3v) is 4.87. The maximum atomic E-state index is 11.1. The third-order valence-electron chi connectivity index (χ3n) is 2.18. The Morgan fingerprint density at radius 1 is 1.45 bits per heavy atom. The number of carbonyl (C=O) groups is 1. The molecule has 0 bridgehead atoms. The molecule has 0 radical (unpaired) electrons. The molecular weight excluding hydrogens is 373 g/mol. The van der Waals surface area contributed by atoms with Crippen molar-refractivity contribution in [3.05, 3.63) is 34.8 Å². The topological polar surface area (TPSA) is 144 Å². The van der Waals surface area contributed by atoms with Crippen LogP contribution >= 0.6 is 11.3 Å². The minimum atomic E-state index is -5.14. The molecule has 2 aromatic rings. The molecule has 0 spiro atoms. The Hall–Kier alpha value is -2.11. The molecule has 1 aromatic carbocycles. The monoisotopic (exact) mass is 385 g/mol. The molecule has 0 aliphatic heterocycles. The first-order chi connectivity index (χ1) is 10.3. The molecule has 10 heteroatoms. The number of aromatic nitrogens is 1. The average molecular weight is 385 g/mol. The number of anilines is 1. The predicted molar refractivity (Wildman–Crippen MR) is 79.8 cm³/mol. The van der Waals surface area contributed by atoms with E-state index in [4.69, 9.17) is 13.5 Å². The van der Waals surface area contributed by atoms with E-state index in [1.54, 1.807) is 10.9 Å². The van der Waals surface area contributed by atoms with E-state index in [1.165, 1.54) is 36.5 Å². The van der Waals surface area contributed by atoms with E-state index >= 15 is 0 Å². The molecule has 1 aromatic heterocycles. The van der Waals surface area contributed by atoms with Crippen LogP contribution in [0.3, 0.4) is 0 Å². The maximum absolute atomic E-state index is 11.1. The summed E-state index contributed by atoms with van der Waals surface area (Å²) in [5.41, 5.74) is 1.92. The fourth-order valence-corrected chi connectivity index (χ4v) is 3.38. The van der Waals surface area contributed by atoms with Gasteiger partial charge in [0.25, 0.3) is 0 Å². The SMILES string of the molecule is CC(=O)Nc1c(O)cccc1[As](=O)(O)O.N#Cc1cscn1. The van der Waals surface area contributed by atoms with Crippen molar-refractivity contribution in [3.63, 3.8) is 0 Å². The average Bonchev–Trinajstić information content (AvgIpc) is 2.93.